The molecule has 0 bridgehead atoms. The number of methoxy groups -OCH3 is 1. The Labute approximate surface area is 129 Å². The Morgan fingerprint density at radius 1 is 1.45 bits per heavy atom. The largest absolute Gasteiger partial charge is 0.503 e. The molecule has 0 aliphatic heterocycles. The molecule has 1 atom stereocenters. The molecule has 0 amide bonds. The summed E-state index contributed by atoms with van der Waals surface area (Å²) in [6.07, 6.45) is 5.10. The minimum absolute atomic E-state index is 0.162. The fraction of sp³-hybridized carbons (Fsp3) is 0.625. The van der Waals surface area contributed by atoms with Crippen LogP contribution in [0.3, 0.4) is 0 Å². The third-order valence-electron chi connectivity index (χ3n) is 4.11. The Kier molecular flexibility index (Phi) is 4.97. The van der Waals surface area contributed by atoms with Gasteiger partial charge in [0, 0.05) is 12.6 Å². The second-order valence-electron chi connectivity index (χ2n) is 6.47. The van der Waals surface area contributed by atoms with Crippen molar-refractivity contribution in [2.45, 2.75) is 52.1 Å². The molecule has 2 N–H and O–H groups in total. The van der Waals surface area contributed by atoms with Crippen LogP contribution >= 0.6 is 15.9 Å². The van der Waals surface area contributed by atoms with Gasteiger partial charge in [0.15, 0.2) is 11.5 Å². The molecule has 1 fully saturated rings. The molecule has 0 aromatic heterocycles. The summed E-state index contributed by atoms with van der Waals surface area (Å²) in [4.78, 5) is 0. The van der Waals surface area contributed by atoms with Gasteiger partial charge in [-0.05, 0) is 58.3 Å². The molecule has 0 saturated heterocycles. The highest BCUT2D eigenvalue weighted by Crippen LogP contribution is 2.36. The van der Waals surface area contributed by atoms with Crippen molar-refractivity contribution >= 4 is 15.9 Å². The highest BCUT2D eigenvalue weighted by molar-refractivity contribution is 9.10. The number of rotatable bonds is 4. The van der Waals surface area contributed by atoms with Crippen molar-refractivity contribution in [2.24, 2.45) is 5.41 Å². The van der Waals surface area contributed by atoms with Gasteiger partial charge >= 0.3 is 0 Å². The van der Waals surface area contributed by atoms with E-state index in [1.54, 1.807) is 7.11 Å². The van der Waals surface area contributed by atoms with Crippen molar-refractivity contribution in [3.8, 4) is 11.5 Å². The first-order valence-electron chi connectivity index (χ1n) is 7.20. The summed E-state index contributed by atoms with van der Waals surface area (Å²) >= 11 is 3.36. The van der Waals surface area contributed by atoms with Crippen LogP contribution in [0.15, 0.2) is 16.6 Å². The molecule has 0 heterocycles. The number of phenolic OH excluding ortho intramolecular Hbond substituents is 1. The predicted octanol–water partition coefficient (Wildman–Crippen LogP) is 4.22. The van der Waals surface area contributed by atoms with Crippen LogP contribution in [0.4, 0.5) is 0 Å². The van der Waals surface area contributed by atoms with Crippen LogP contribution in [-0.4, -0.2) is 18.3 Å². The van der Waals surface area contributed by atoms with E-state index in [-0.39, 0.29) is 5.75 Å². The molecule has 2 rings (SSSR count). The topological polar surface area (TPSA) is 41.5 Å². The van der Waals surface area contributed by atoms with E-state index in [1.807, 2.05) is 12.1 Å². The smallest absolute Gasteiger partial charge is 0.172 e. The molecule has 112 valence electrons. The first kappa shape index (κ1) is 15.6. The summed E-state index contributed by atoms with van der Waals surface area (Å²) < 4.78 is 5.86. The van der Waals surface area contributed by atoms with Crippen molar-refractivity contribution in [1.29, 1.82) is 0 Å². The summed E-state index contributed by atoms with van der Waals surface area (Å²) in [5, 5.41) is 13.4. The van der Waals surface area contributed by atoms with E-state index in [0.717, 1.165) is 12.1 Å². The quantitative estimate of drug-likeness (QED) is 0.861. The molecule has 0 spiro atoms. The second kappa shape index (κ2) is 6.35. The van der Waals surface area contributed by atoms with Crippen LogP contribution in [0.25, 0.3) is 0 Å². The van der Waals surface area contributed by atoms with E-state index in [1.165, 1.54) is 25.7 Å². The number of aromatic hydroxyl groups is 1. The molecular weight excluding hydrogens is 318 g/mol. The maximum Gasteiger partial charge on any atom is 0.172 e. The highest BCUT2D eigenvalue weighted by atomic mass is 79.9. The standard InChI is InChI=1S/C16H24BrNO2/c1-16(2)6-4-5-12(9-16)18-10-11-7-13(17)15(19)14(8-11)20-3/h7-8,12,18-19H,4-6,9-10H2,1-3H3. The fourth-order valence-corrected chi connectivity index (χ4v) is 3.51. The lowest BCUT2D eigenvalue weighted by Gasteiger charge is -2.35. The molecule has 1 saturated carbocycles. The zero-order chi connectivity index (χ0) is 14.8. The van der Waals surface area contributed by atoms with Gasteiger partial charge < -0.3 is 15.2 Å². The Balaban J connectivity index is 1.99. The molecule has 1 unspecified atom stereocenters. The summed E-state index contributed by atoms with van der Waals surface area (Å²) in [5.74, 6) is 0.676. The van der Waals surface area contributed by atoms with Crippen molar-refractivity contribution < 1.29 is 9.84 Å². The Morgan fingerprint density at radius 2 is 2.20 bits per heavy atom. The van der Waals surface area contributed by atoms with Gasteiger partial charge in [-0.3, -0.25) is 0 Å². The lowest BCUT2D eigenvalue weighted by atomic mass is 9.75. The predicted molar refractivity (Wildman–Crippen MR) is 85.2 cm³/mol. The fourth-order valence-electron chi connectivity index (χ4n) is 3.02. The van der Waals surface area contributed by atoms with Gasteiger partial charge in [0.1, 0.15) is 0 Å². The third-order valence-corrected chi connectivity index (χ3v) is 4.71. The average Bonchev–Trinajstić information content (AvgIpc) is 2.39. The highest BCUT2D eigenvalue weighted by Gasteiger charge is 2.27. The van der Waals surface area contributed by atoms with E-state index < -0.39 is 0 Å². The molecule has 4 heteroatoms. The Bertz CT molecular complexity index is 474. The minimum atomic E-state index is 0.162. The molecule has 20 heavy (non-hydrogen) atoms. The number of phenols is 1. The maximum atomic E-state index is 9.82. The Hall–Kier alpha value is -0.740. The van der Waals surface area contributed by atoms with Gasteiger partial charge in [0.25, 0.3) is 0 Å². The first-order chi connectivity index (χ1) is 9.41. The van der Waals surface area contributed by atoms with Crippen LogP contribution in [-0.2, 0) is 6.54 Å². The summed E-state index contributed by atoms with van der Waals surface area (Å²) in [5.41, 5.74) is 1.57. The number of benzene rings is 1. The van der Waals surface area contributed by atoms with Gasteiger partial charge in [-0.2, -0.15) is 0 Å². The Morgan fingerprint density at radius 3 is 2.85 bits per heavy atom. The molecule has 1 aromatic carbocycles. The van der Waals surface area contributed by atoms with E-state index in [2.05, 4.69) is 35.1 Å². The van der Waals surface area contributed by atoms with Crippen LogP contribution in [0.5, 0.6) is 11.5 Å². The lowest BCUT2D eigenvalue weighted by Crippen LogP contribution is -2.36. The van der Waals surface area contributed by atoms with Crippen molar-refractivity contribution in [3.63, 3.8) is 0 Å². The number of ether oxygens (including phenoxy) is 1. The SMILES string of the molecule is COc1cc(CNC2CCCC(C)(C)C2)cc(Br)c1O. The minimum Gasteiger partial charge on any atom is -0.503 e. The van der Waals surface area contributed by atoms with Crippen LogP contribution < -0.4 is 10.1 Å². The summed E-state index contributed by atoms with van der Waals surface area (Å²) in [6, 6.07) is 4.41. The molecule has 1 aliphatic rings. The zero-order valence-corrected chi connectivity index (χ0v) is 14.1. The van der Waals surface area contributed by atoms with Gasteiger partial charge in [0.05, 0.1) is 11.6 Å². The van der Waals surface area contributed by atoms with Crippen LogP contribution in [0.1, 0.15) is 45.1 Å². The van der Waals surface area contributed by atoms with Gasteiger partial charge in [0.2, 0.25) is 0 Å². The number of hydrogen-bond acceptors (Lipinski definition) is 3. The summed E-state index contributed by atoms with van der Waals surface area (Å²) in [7, 11) is 1.57. The zero-order valence-electron chi connectivity index (χ0n) is 12.5. The first-order valence-corrected chi connectivity index (χ1v) is 7.99. The molecule has 0 radical (unpaired) electrons. The average molecular weight is 342 g/mol. The van der Waals surface area contributed by atoms with E-state index in [4.69, 9.17) is 4.74 Å². The third kappa shape index (κ3) is 3.89. The molecule has 1 aromatic rings. The monoisotopic (exact) mass is 341 g/mol. The van der Waals surface area contributed by atoms with E-state index >= 15 is 0 Å². The lowest BCUT2D eigenvalue weighted by molar-refractivity contribution is 0.197. The van der Waals surface area contributed by atoms with Crippen LogP contribution in [0, 0.1) is 5.41 Å². The van der Waals surface area contributed by atoms with Crippen LogP contribution in [0.2, 0.25) is 0 Å². The molecule has 1 aliphatic carbocycles. The molecule has 3 nitrogen and oxygen atoms in total. The van der Waals surface area contributed by atoms with Gasteiger partial charge in [-0.25, -0.2) is 0 Å². The van der Waals surface area contributed by atoms with E-state index in [0.29, 0.717) is 21.7 Å². The van der Waals surface area contributed by atoms with E-state index in [9.17, 15) is 5.11 Å². The molecular formula is C16H24BrNO2. The van der Waals surface area contributed by atoms with Gasteiger partial charge in [-0.15, -0.1) is 0 Å². The maximum absolute atomic E-state index is 9.82. The number of nitrogens with one attached hydrogen (secondary N) is 1. The number of hydrogen-bond donors (Lipinski definition) is 2. The van der Waals surface area contributed by atoms with Crippen molar-refractivity contribution in [2.75, 3.05) is 7.11 Å². The van der Waals surface area contributed by atoms with Gasteiger partial charge in [-0.1, -0.05) is 20.3 Å². The normalized spacial score (nSPS) is 21.7. The van der Waals surface area contributed by atoms with Crippen molar-refractivity contribution in [1.82, 2.24) is 5.32 Å². The summed E-state index contributed by atoms with van der Waals surface area (Å²) in [6.45, 7) is 5.50. The number of halogens is 1. The van der Waals surface area contributed by atoms with Crippen molar-refractivity contribution in [3.05, 3.63) is 22.2 Å². The second-order valence-corrected chi connectivity index (χ2v) is 7.32.